The number of fused-ring (bicyclic) bond motifs is 4. The number of rotatable bonds is 4. The molecule has 196 valence electrons. The van der Waals surface area contributed by atoms with E-state index < -0.39 is 0 Å². The summed E-state index contributed by atoms with van der Waals surface area (Å²) in [6.07, 6.45) is 1.90. The Balaban J connectivity index is 1.25. The molecule has 0 radical (unpaired) electrons. The SMILES string of the molecule is c1ccc(-c2ccc(-c3cccc(-c4ccnc(-c5nc6ccccc6c6ccccc56)c4)c3)c3ccccc23)cc1. The van der Waals surface area contributed by atoms with Crippen LogP contribution in [0.1, 0.15) is 0 Å². The molecule has 6 aromatic carbocycles. The van der Waals surface area contributed by atoms with Gasteiger partial charge in [-0.25, -0.2) is 4.98 Å². The zero-order valence-corrected chi connectivity index (χ0v) is 22.9. The lowest BCUT2D eigenvalue weighted by molar-refractivity contribution is 1.29. The van der Waals surface area contributed by atoms with E-state index in [4.69, 9.17) is 9.97 Å². The number of hydrogen-bond acceptors (Lipinski definition) is 2. The normalized spacial score (nSPS) is 11.3. The summed E-state index contributed by atoms with van der Waals surface area (Å²) < 4.78 is 0. The van der Waals surface area contributed by atoms with E-state index in [-0.39, 0.29) is 0 Å². The highest BCUT2D eigenvalue weighted by molar-refractivity contribution is 6.10. The van der Waals surface area contributed by atoms with Crippen molar-refractivity contribution in [3.63, 3.8) is 0 Å². The Kier molecular flexibility index (Phi) is 5.82. The van der Waals surface area contributed by atoms with Gasteiger partial charge in [0.05, 0.1) is 16.9 Å². The molecule has 0 saturated heterocycles. The van der Waals surface area contributed by atoms with E-state index in [1.807, 2.05) is 12.3 Å². The zero-order valence-electron chi connectivity index (χ0n) is 22.9. The number of para-hydroxylation sites is 1. The van der Waals surface area contributed by atoms with Crippen LogP contribution in [-0.4, -0.2) is 9.97 Å². The Morgan fingerprint density at radius 2 is 0.929 bits per heavy atom. The van der Waals surface area contributed by atoms with Gasteiger partial charge < -0.3 is 0 Å². The highest BCUT2D eigenvalue weighted by atomic mass is 14.8. The Morgan fingerprint density at radius 1 is 0.357 bits per heavy atom. The van der Waals surface area contributed by atoms with Crippen LogP contribution in [-0.2, 0) is 0 Å². The van der Waals surface area contributed by atoms with Crippen molar-refractivity contribution in [2.75, 3.05) is 0 Å². The van der Waals surface area contributed by atoms with Crippen molar-refractivity contribution in [2.45, 2.75) is 0 Å². The quantitative estimate of drug-likeness (QED) is 0.210. The Bertz CT molecular complexity index is 2250. The molecule has 0 N–H and O–H groups in total. The number of aromatic nitrogens is 2. The van der Waals surface area contributed by atoms with Gasteiger partial charge in [-0.05, 0) is 73.8 Å². The van der Waals surface area contributed by atoms with Gasteiger partial charge in [0.1, 0.15) is 0 Å². The molecule has 0 aliphatic heterocycles. The fourth-order valence-electron chi connectivity index (χ4n) is 6.13. The molecular formula is C40H26N2. The standard InChI is InChI=1S/C40H26N2/c1-2-11-27(12-3-1)31-21-22-32(34-16-5-4-15-33(31)34)30-14-10-13-28(25-30)29-23-24-41-39(26-29)40-37-19-7-6-17-35(37)36-18-8-9-20-38(36)42-40/h1-26H. The first-order chi connectivity index (χ1) is 20.8. The van der Waals surface area contributed by atoms with Crippen molar-refractivity contribution >= 4 is 32.4 Å². The fourth-order valence-corrected chi connectivity index (χ4v) is 6.13. The topological polar surface area (TPSA) is 25.8 Å². The van der Waals surface area contributed by atoms with Crippen LogP contribution in [0.15, 0.2) is 158 Å². The van der Waals surface area contributed by atoms with Gasteiger partial charge >= 0.3 is 0 Å². The first-order valence-electron chi connectivity index (χ1n) is 14.3. The predicted octanol–water partition coefficient (Wildman–Crippen LogP) is 10.6. The van der Waals surface area contributed by atoms with Crippen LogP contribution in [0.2, 0.25) is 0 Å². The summed E-state index contributed by atoms with van der Waals surface area (Å²) in [4.78, 5) is 9.87. The molecule has 2 aromatic heterocycles. The second kappa shape index (κ2) is 10.1. The minimum Gasteiger partial charge on any atom is -0.255 e. The number of nitrogens with zero attached hydrogens (tertiary/aromatic N) is 2. The van der Waals surface area contributed by atoms with Gasteiger partial charge in [-0.15, -0.1) is 0 Å². The van der Waals surface area contributed by atoms with E-state index in [1.54, 1.807) is 0 Å². The van der Waals surface area contributed by atoms with E-state index in [1.165, 1.54) is 38.4 Å². The molecule has 2 nitrogen and oxygen atoms in total. The molecule has 2 heterocycles. The van der Waals surface area contributed by atoms with Crippen LogP contribution in [0.3, 0.4) is 0 Å². The molecule has 0 amide bonds. The number of hydrogen-bond donors (Lipinski definition) is 0. The summed E-state index contributed by atoms with van der Waals surface area (Å²) >= 11 is 0. The van der Waals surface area contributed by atoms with E-state index >= 15 is 0 Å². The Hall–Kier alpha value is -5.60. The van der Waals surface area contributed by atoms with Gasteiger partial charge in [-0.3, -0.25) is 4.98 Å². The van der Waals surface area contributed by atoms with Crippen LogP contribution in [0.25, 0.3) is 77.2 Å². The lowest BCUT2D eigenvalue weighted by atomic mass is 9.91. The summed E-state index contributed by atoms with van der Waals surface area (Å²) in [6, 6.07) is 53.7. The third-order valence-electron chi connectivity index (χ3n) is 8.13. The molecule has 0 aliphatic rings. The number of pyridine rings is 2. The summed E-state index contributed by atoms with van der Waals surface area (Å²) in [5.74, 6) is 0. The Morgan fingerprint density at radius 3 is 1.71 bits per heavy atom. The van der Waals surface area contributed by atoms with Gasteiger partial charge in [0, 0.05) is 17.0 Å². The summed E-state index contributed by atoms with van der Waals surface area (Å²) in [5, 5.41) is 5.97. The second-order valence-corrected chi connectivity index (χ2v) is 10.6. The first kappa shape index (κ1) is 24.2. The molecule has 8 rings (SSSR count). The molecule has 0 unspecified atom stereocenters. The van der Waals surface area contributed by atoms with Gasteiger partial charge in [0.2, 0.25) is 0 Å². The van der Waals surface area contributed by atoms with Gasteiger partial charge in [-0.2, -0.15) is 0 Å². The van der Waals surface area contributed by atoms with Gasteiger partial charge in [0.15, 0.2) is 0 Å². The van der Waals surface area contributed by atoms with E-state index in [9.17, 15) is 0 Å². The molecule has 2 heteroatoms. The molecule has 0 bridgehead atoms. The lowest BCUT2D eigenvalue weighted by Crippen LogP contribution is -1.92. The molecule has 0 atom stereocenters. The largest absolute Gasteiger partial charge is 0.255 e. The summed E-state index contributed by atoms with van der Waals surface area (Å²) in [5.41, 5.74) is 9.92. The van der Waals surface area contributed by atoms with E-state index in [0.29, 0.717) is 0 Å². The lowest BCUT2D eigenvalue weighted by Gasteiger charge is -2.13. The third kappa shape index (κ3) is 4.13. The van der Waals surface area contributed by atoms with Crippen molar-refractivity contribution in [1.82, 2.24) is 9.97 Å². The highest BCUT2D eigenvalue weighted by Crippen LogP contribution is 2.38. The maximum atomic E-state index is 5.08. The first-order valence-corrected chi connectivity index (χ1v) is 14.3. The van der Waals surface area contributed by atoms with Crippen molar-refractivity contribution in [2.24, 2.45) is 0 Å². The third-order valence-corrected chi connectivity index (χ3v) is 8.13. The van der Waals surface area contributed by atoms with Gasteiger partial charge in [0.25, 0.3) is 0 Å². The highest BCUT2D eigenvalue weighted by Gasteiger charge is 2.13. The fraction of sp³-hybridized carbons (Fsp3) is 0. The monoisotopic (exact) mass is 534 g/mol. The van der Waals surface area contributed by atoms with Crippen LogP contribution in [0.4, 0.5) is 0 Å². The Labute approximate surface area is 244 Å². The minimum atomic E-state index is 0.873. The van der Waals surface area contributed by atoms with Crippen molar-refractivity contribution < 1.29 is 0 Å². The van der Waals surface area contributed by atoms with Crippen LogP contribution < -0.4 is 0 Å². The molecule has 0 spiro atoms. The maximum absolute atomic E-state index is 5.08. The minimum absolute atomic E-state index is 0.873. The van der Waals surface area contributed by atoms with E-state index in [0.717, 1.165) is 38.8 Å². The molecular weight excluding hydrogens is 508 g/mol. The molecule has 0 aliphatic carbocycles. The van der Waals surface area contributed by atoms with Gasteiger partial charge in [-0.1, -0.05) is 127 Å². The maximum Gasteiger partial charge on any atom is 0.0972 e. The smallest absolute Gasteiger partial charge is 0.0972 e. The van der Waals surface area contributed by atoms with Crippen LogP contribution >= 0.6 is 0 Å². The molecule has 0 fully saturated rings. The average Bonchev–Trinajstić information content (AvgIpc) is 3.08. The molecule has 42 heavy (non-hydrogen) atoms. The van der Waals surface area contributed by atoms with Crippen molar-refractivity contribution in [3.8, 4) is 44.8 Å². The second-order valence-electron chi connectivity index (χ2n) is 10.6. The van der Waals surface area contributed by atoms with Crippen molar-refractivity contribution in [3.05, 3.63) is 158 Å². The van der Waals surface area contributed by atoms with E-state index in [2.05, 4.69) is 146 Å². The summed E-state index contributed by atoms with van der Waals surface area (Å²) in [6.45, 7) is 0. The van der Waals surface area contributed by atoms with Crippen molar-refractivity contribution in [1.29, 1.82) is 0 Å². The zero-order chi connectivity index (χ0) is 27.9. The van der Waals surface area contributed by atoms with Crippen LogP contribution in [0.5, 0.6) is 0 Å². The predicted molar refractivity (Wildman–Crippen MR) is 176 cm³/mol. The number of benzene rings is 6. The van der Waals surface area contributed by atoms with Crippen LogP contribution in [0, 0.1) is 0 Å². The molecule has 8 aromatic rings. The molecule has 0 saturated carbocycles. The summed E-state index contributed by atoms with van der Waals surface area (Å²) in [7, 11) is 0. The average molecular weight is 535 g/mol.